The summed E-state index contributed by atoms with van der Waals surface area (Å²) in [5, 5.41) is 2.85. The minimum absolute atomic E-state index is 0.188. The maximum atomic E-state index is 12.1. The van der Waals surface area contributed by atoms with Crippen molar-refractivity contribution in [2.75, 3.05) is 5.73 Å². The van der Waals surface area contributed by atoms with E-state index in [0.717, 1.165) is 11.3 Å². The molecule has 2 aromatic rings. The number of nitrogens with two attached hydrogens (primary N) is 1. The van der Waals surface area contributed by atoms with Crippen molar-refractivity contribution >= 4 is 11.6 Å². The lowest BCUT2D eigenvalue weighted by Gasteiger charge is -2.13. The second-order valence-electron chi connectivity index (χ2n) is 4.30. The molecule has 1 amide bonds. The smallest absolute Gasteiger partial charge is 0.253 e. The zero-order valence-electron chi connectivity index (χ0n) is 10.4. The second kappa shape index (κ2) is 4.96. The highest BCUT2D eigenvalue weighted by molar-refractivity contribution is 5.99. The van der Waals surface area contributed by atoms with Gasteiger partial charge in [0.25, 0.3) is 5.91 Å². The highest BCUT2D eigenvalue weighted by atomic mass is 16.3. The number of rotatable bonds is 3. The fourth-order valence-corrected chi connectivity index (χ4v) is 1.75. The van der Waals surface area contributed by atoms with Crippen LogP contribution < -0.4 is 11.1 Å². The van der Waals surface area contributed by atoms with Crippen molar-refractivity contribution in [2.24, 2.45) is 0 Å². The average molecular weight is 244 g/mol. The van der Waals surface area contributed by atoms with Gasteiger partial charge in [-0.15, -0.1) is 0 Å². The maximum absolute atomic E-state index is 12.1. The molecule has 0 saturated carbocycles. The van der Waals surface area contributed by atoms with Crippen molar-refractivity contribution < 1.29 is 9.21 Å². The van der Waals surface area contributed by atoms with Gasteiger partial charge in [-0.2, -0.15) is 0 Å². The Morgan fingerprint density at radius 1 is 1.39 bits per heavy atom. The molecule has 1 aromatic carbocycles. The third kappa shape index (κ3) is 2.53. The summed E-state index contributed by atoms with van der Waals surface area (Å²) in [7, 11) is 0. The number of anilines is 1. The SMILES string of the molecule is Cc1ccc(N)c(C(=O)N[C@H](C)c2ccco2)c1. The van der Waals surface area contributed by atoms with Crippen molar-refractivity contribution in [2.45, 2.75) is 19.9 Å². The van der Waals surface area contributed by atoms with E-state index in [2.05, 4.69) is 5.32 Å². The molecule has 18 heavy (non-hydrogen) atoms. The zero-order chi connectivity index (χ0) is 13.1. The minimum atomic E-state index is -0.194. The van der Waals surface area contributed by atoms with E-state index in [-0.39, 0.29) is 11.9 Å². The fraction of sp³-hybridized carbons (Fsp3) is 0.214. The molecule has 0 fully saturated rings. The lowest BCUT2D eigenvalue weighted by Crippen LogP contribution is -2.27. The Balaban J connectivity index is 2.15. The highest BCUT2D eigenvalue weighted by Crippen LogP contribution is 2.17. The fourth-order valence-electron chi connectivity index (χ4n) is 1.75. The normalized spacial score (nSPS) is 12.1. The predicted molar refractivity (Wildman–Crippen MR) is 70.2 cm³/mol. The summed E-state index contributed by atoms with van der Waals surface area (Å²) in [6, 6.07) is 8.82. The molecule has 4 heteroatoms. The first-order chi connectivity index (χ1) is 8.58. The Hall–Kier alpha value is -2.23. The molecule has 0 bridgehead atoms. The number of nitrogens with one attached hydrogen (secondary N) is 1. The highest BCUT2D eigenvalue weighted by Gasteiger charge is 2.15. The molecule has 0 spiro atoms. The number of carbonyl (C=O) groups is 1. The summed E-state index contributed by atoms with van der Waals surface area (Å²) in [4.78, 5) is 12.1. The van der Waals surface area contributed by atoms with E-state index in [1.165, 1.54) is 0 Å². The Morgan fingerprint density at radius 3 is 2.83 bits per heavy atom. The van der Waals surface area contributed by atoms with Crippen LogP contribution in [0.1, 0.15) is 34.6 Å². The third-order valence-electron chi connectivity index (χ3n) is 2.77. The van der Waals surface area contributed by atoms with Crippen LogP contribution in [0, 0.1) is 6.92 Å². The van der Waals surface area contributed by atoms with E-state index < -0.39 is 0 Å². The van der Waals surface area contributed by atoms with Crippen LogP contribution in [0.15, 0.2) is 41.0 Å². The quantitative estimate of drug-likeness (QED) is 0.815. The van der Waals surface area contributed by atoms with Crippen LogP contribution in [0.4, 0.5) is 5.69 Å². The van der Waals surface area contributed by atoms with Gasteiger partial charge in [-0.25, -0.2) is 0 Å². The molecule has 1 atom stereocenters. The van der Waals surface area contributed by atoms with E-state index in [1.54, 1.807) is 24.5 Å². The van der Waals surface area contributed by atoms with Gasteiger partial charge in [-0.3, -0.25) is 4.79 Å². The predicted octanol–water partition coefficient (Wildman–Crippen LogP) is 2.66. The molecule has 0 aliphatic rings. The van der Waals surface area contributed by atoms with Crippen LogP contribution in [-0.2, 0) is 0 Å². The number of furan rings is 1. The first kappa shape index (κ1) is 12.2. The number of hydrogen-bond donors (Lipinski definition) is 2. The van der Waals surface area contributed by atoms with E-state index in [1.807, 2.05) is 26.0 Å². The third-order valence-corrected chi connectivity index (χ3v) is 2.77. The Kier molecular flexibility index (Phi) is 3.37. The summed E-state index contributed by atoms with van der Waals surface area (Å²) in [5.41, 5.74) is 7.77. The first-order valence-electron chi connectivity index (χ1n) is 5.78. The lowest BCUT2D eigenvalue weighted by atomic mass is 10.1. The maximum Gasteiger partial charge on any atom is 0.253 e. The monoisotopic (exact) mass is 244 g/mol. The van der Waals surface area contributed by atoms with Crippen LogP contribution in [-0.4, -0.2) is 5.91 Å². The van der Waals surface area contributed by atoms with Gasteiger partial charge in [0.05, 0.1) is 17.9 Å². The van der Waals surface area contributed by atoms with Gasteiger partial charge >= 0.3 is 0 Å². The number of nitrogen functional groups attached to an aromatic ring is 1. The number of hydrogen-bond acceptors (Lipinski definition) is 3. The van der Waals surface area contributed by atoms with Crippen LogP contribution in [0.3, 0.4) is 0 Å². The summed E-state index contributed by atoms with van der Waals surface area (Å²) in [6.07, 6.45) is 1.58. The van der Waals surface area contributed by atoms with Crippen molar-refractivity contribution in [1.82, 2.24) is 5.32 Å². The zero-order valence-corrected chi connectivity index (χ0v) is 10.4. The molecule has 4 nitrogen and oxygen atoms in total. The number of aryl methyl sites for hydroxylation is 1. The molecule has 0 saturated heterocycles. The number of carbonyl (C=O) groups excluding carboxylic acids is 1. The molecule has 1 aromatic heterocycles. The summed E-state index contributed by atoms with van der Waals surface area (Å²) in [5.74, 6) is 0.523. The largest absolute Gasteiger partial charge is 0.467 e. The molecular formula is C14H16N2O2. The van der Waals surface area contributed by atoms with Crippen molar-refractivity contribution in [3.63, 3.8) is 0 Å². The standard InChI is InChI=1S/C14H16N2O2/c1-9-5-6-12(15)11(8-9)14(17)16-10(2)13-4-3-7-18-13/h3-8,10H,15H2,1-2H3,(H,16,17)/t10-/m1/s1. The first-order valence-corrected chi connectivity index (χ1v) is 5.78. The molecule has 0 aliphatic heterocycles. The molecule has 0 aliphatic carbocycles. The van der Waals surface area contributed by atoms with Crippen LogP contribution >= 0.6 is 0 Å². The average Bonchev–Trinajstić information content (AvgIpc) is 2.85. The van der Waals surface area contributed by atoms with E-state index in [4.69, 9.17) is 10.2 Å². The van der Waals surface area contributed by atoms with Gasteiger partial charge in [0, 0.05) is 5.69 Å². The molecule has 2 rings (SSSR count). The molecular weight excluding hydrogens is 228 g/mol. The summed E-state index contributed by atoms with van der Waals surface area (Å²) in [6.45, 7) is 3.79. The summed E-state index contributed by atoms with van der Waals surface area (Å²) >= 11 is 0. The van der Waals surface area contributed by atoms with E-state index in [9.17, 15) is 4.79 Å². The second-order valence-corrected chi connectivity index (χ2v) is 4.30. The van der Waals surface area contributed by atoms with Gasteiger partial charge in [0.15, 0.2) is 0 Å². The minimum Gasteiger partial charge on any atom is -0.467 e. The molecule has 1 heterocycles. The van der Waals surface area contributed by atoms with Gasteiger partial charge in [-0.1, -0.05) is 11.6 Å². The molecule has 3 N–H and O–H groups in total. The van der Waals surface area contributed by atoms with Crippen molar-refractivity contribution in [3.05, 3.63) is 53.5 Å². The Morgan fingerprint density at radius 2 is 2.17 bits per heavy atom. The van der Waals surface area contributed by atoms with E-state index in [0.29, 0.717) is 11.3 Å². The van der Waals surface area contributed by atoms with Gasteiger partial charge in [0.2, 0.25) is 0 Å². The van der Waals surface area contributed by atoms with Gasteiger partial charge in [0.1, 0.15) is 5.76 Å². The number of amides is 1. The topological polar surface area (TPSA) is 68.3 Å². The molecule has 0 radical (unpaired) electrons. The van der Waals surface area contributed by atoms with E-state index >= 15 is 0 Å². The summed E-state index contributed by atoms with van der Waals surface area (Å²) < 4.78 is 5.24. The van der Waals surface area contributed by atoms with Gasteiger partial charge < -0.3 is 15.5 Å². The van der Waals surface area contributed by atoms with Crippen molar-refractivity contribution in [3.8, 4) is 0 Å². The Bertz CT molecular complexity index is 547. The van der Waals surface area contributed by atoms with Crippen LogP contribution in [0.25, 0.3) is 0 Å². The number of benzene rings is 1. The van der Waals surface area contributed by atoms with Crippen LogP contribution in [0.2, 0.25) is 0 Å². The Labute approximate surface area is 106 Å². The van der Waals surface area contributed by atoms with Crippen LogP contribution in [0.5, 0.6) is 0 Å². The van der Waals surface area contributed by atoms with Crippen molar-refractivity contribution in [1.29, 1.82) is 0 Å². The molecule has 94 valence electrons. The molecule has 0 unspecified atom stereocenters. The van der Waals surface area contributed by atoms with Gasteiger partial charge in [-0.05, 0) is 38.1 Å². The lowest BCUT2D eigenvalue weighted by molar-refractivity contribution is 0.0936.